The molecule has 16 heavy (non-hydrogen) atoms. The summed E-state index contributed by atoms with van der Waals surface area (Å²) in [5, 5.41) is 15.3. The van der Waals surface area contributed by atoms with Crippen molar-refractivity contribution in [1.82, 2.24) is 29.9 Å². The molecule has 0 radical (unpaired) electrons. The molecule has 0 aromatic carbocycles. The summed E-state index contributed by atoms with van der Waals surface area (Å²) in [4.78, 5) is 0. The minimum atomic E-state index is 0.828. The van der Waals surface area contributed by atoms with Gasteiger partial charge in [0.15, 0.2) is 0 Å². The summed E-state index contributed by atoms with van der Waals surface area (Å²) >= 11 is 0. The first-order valence-corrected chi connectivity index (χ1v) is 5.28. The minimum absolute atomic E-state index is 0.828. The number of hydrogen-bond donors (Lipinski definition) is 1. The molecule has 0 amide bonds. The fourth-order valence-corrected chi connectivity index (χ4v) is 1.52. The molecule has 2 rings (SSSR count). The van der Waals surface area contributed by atoms with Crippen LogP contribution in [-0.2, 0) is 27.1 Å². The van der Waals surface area contributed by atoms with Crippen molar-refractivity contribution in [2.45, 2.75) is 13.0 Å². The molecule has 86 valence electrons. The topological polar surface area (TPSA) is 60.6 Å². The monoisotopic (exact) mass is 220 g/mol. The Morgan fingerprint density at radius 2 is 2.25 bits per heavy atom. The maximum Gasteiger partial charge on any atom is 0.133 e. The van der Waals surface area contributed by atoms with Gasteiger partial charge in [-0.25, -0.2) is 0 Å². The standard InChI is InChI=1S/C10H16N6/c1-15-8-12-14-10(15)4-5-11-7-9-3-6-13-16(9)2/h3,6,8,11H,4-5,7H2,1-2H3. The van der Waals surface area contributed by atoms with Crippen molar-refractivity contribution in [1.29, 1.82) is 0 Å². The molecule has 2 aromatic heterocycles. The molecule has 0 spiro atoms. The Labute approximate surface area is 94.3 Å². The Morgan fingerprint density at radius 1 is 1.38 bits per heavy atom. The van der Waals surface area contributed by atoms with E-state index < -0.39 is 0 Å². The number of hydrogen-bond acceptors (Lipinski definition) is 4. The molecule has 0 bridgehead atoms. The molecule has 0 aliphatic rings. The number of rotatable bonds is 5. The van der Waals surface area contributed by atoms with Crippen molar-refractivity contribution in [2.75, 3.05) is 6.54 Å². The van der Waals surface area contributed by atoms with E-state index in [1.54, 1.807) is 12.5 Å². The van der Waals surface area contributed by atoms with Gasteiger partial charge in [-0.1, -0.05) is 0 Å². The van der Waals surface area contributed by atoms with Crippen molar-refractivity contribution >= 4 is 0 Å². The Morgan fingerprint density at radius 3 is 2.88 bits per heavy atom. The smallest absolute Gasteiger partial charge is 0.133 e. The summed E-state index contributed by atoms with van der Waals surface area (Å²) in [7, 11) is 3.90. The van der Waals surface area contributed by atoms with Crippen LogP contribution in [0.15, 0.2) is 18.6 Å². The highest BCUT2D eigenvalue weighted by molar-refractivity contribution is 4.99. The van der Waals surface area contributed by atoms with Crippen LogP contribution in [0.25, 0.3) is 0 Å². The molecule has 0 saturated heterocycles. The lowest BCUT2D eigenvalue weighted by Gasteiger charge is -2.04. The molecule has 0 saturated carbocycles. The van der Waals surface area contributed by atoms with E-state index in [2.05, 4.69) is 20.6 Å². The molecule has 1 N–H and O–H groups in total. The normalized spacial score (nSPS) is 10.9. The summed E-state index contributed by atoms with van der Waals surface area (Å²) in [5.41, 5.74) is 1.18. The van der Waals surface area contributed by atoms with Gasteiger partial charge in [0.05, 0.1) is 5.69 Å². The van der Waals surface area contributed by atoms with Crippen molar-refractivity contribution in [3.8, 4) is 0 Å². The van der Waals surface area contributed by atoms with Gasteiger partial charge in [-0.3, -0.25) is 4.68 Å². The van der Waals surface area contributed by atoms with Crippen LogP contribution < -0.4 is 5.32 Å². The Kier molecular flexibility index (Phi) is 3.31. The van der Waals surface area contributed by atoms with Crippen LogP contribution in [0.1, 0.15) is 11.5 Å². The zero-order valence-electron chi connectivity index (χ0n) is 9.59. The van der Waals surface area contributed by atoms with Crippen molar-refractivity contribution < 1.29 is 0 Å². The number of aromatic nitrogens is 5. The van der Waals surface area contributed by atoms with E-state index in [1.807, 2.05) is 29.4 Å². The van der Waals surface area contributed by atoms with Crippen LogP contribution in [0.2, 0.25) is 0 Å². The molecule has 0 aliphatic heterocycles. The largest absolute Gasteiger partial charge is 0.321 e. The molecule has 0 aliphatic carbocycles. The van der Waals surface area contributed by atoms with Gasteiger partial charge in [0.2, 0.25) is 0 Å². The van der Waals surface area contributed by atoms with Gasteiger partial charge in [0.1, 0.15) is 12.2 Å². The fourth-order valence-electron chi connectivity index (χ4n) is 1.52. The summed E-state index contributed by atoms with van der Waals surface area (Å²) in [6, 6.07) is 2.01. The molecule has 2 heterocycles. The third-order valence-corrected chi connectivity index (χ3v) is 2.56. The average Bonchev–Trinajstić information content (AvgIpc) is 2.84. The third-order valence-electron chi connectivity index (χ3n) is 2.56. The average molecular weight is 220 g/mol. The van der Waals surface area contributed by atoms with Gasteiger partial charge in [-0.05, 0) is 6.07 Å². The molecule has 0 fully saturated rings. The minimum Gasteiger partial charge on any atom is -0.321 e. The zero-order valence-corrected chi connectivity index (χ0v) is 9.59. The molecule has 6 heteroatoms. The highest BCUT2D eigenvalue weighted by Gasteiger charge is 2.01. The second-order valence-electron chi connectivity index (χ2n) is 3.73. The van der Waals surface area contributed by atoms with E-state index in [0.29, 0.717) is 0 Å². The van der Waals surface area contributed by atoms with Crippen LogP contribution in [0.4, 0.5) is 0 Å². The quantitative estimate of drug-likeness (QED) is 0.714. The van der Waals surface area contributed by atoms with Crippen LogP contribution in [0.3, 0.4) is 0 Å². The predicted molar refractivity (Wildman–Crippen MR) is 59.6 cm³/mol. The second kappa shape index (κ2) is 4.89. The zero-order chi connectivity index (χ0) is 11.4. The maximum atomic E-state index is 4.11. The lowest BCUT2D eigenvalue weighted by molar-refractivity contribution is 0.611. The van der Waals surface area contributed by atoms with E-state index >= 15 is 0 Å². The Balaban J connectivity index is 1.74. The van der Waals surface area contributed by atoms with Crippen LogP contribution in [0.5, 0.6) is 0 Å². The summed E-state index contributed by atoms with van der Waals surface area (Å²) in [5.74, 6) is 0.998. The first-order valence-electron chi connectivity index (χ1n) is 5.28. The van der Waals surface area contributed by atoms with Gasteiger partial charge >= 0.3 is 0 Å². The van der Waals surface area contributed by atoms with E-state index in [4.69, 9.17) is 0 Å². The number of aryl methyl sites for hydroxylation is 2. The highest BCUT2D eigenvalue weighted by Crippen LogP contribution is 1.96. The number of nitrogens with one attached hydrogen (secondary N) is 1. The lowest BCUT2D eigenvalue weighted by atomic mass is 10.3. The molecular formula is C10H16N6. The maximum absolute atomic E-state index is 4.11. The number of nitrogens with zero attached hydrogens (tertiary/aromatic N) is 5. The Bertz CT molecular complexity index is 401. The van der Waals surface area contributed by atoms with Crippen molar-refractivity contribution in [2.24, 2.45) is 14.1 Å². The molecular weight excluding hydrogens is 204 g/mol. The predicted octanol–water partition coefficient (Wildman–Crippen LogP) is -0.119. The SMILES string of the molecule is Cn1cnnc1CCNCc1ccnn1C. The van der Waals surface area contributed by atoms with E-state index in [1.165, 1.54) is 5.69 Å². The van der Waals surface area contributed by atoms with Crippen molar-refractivity contribution in [3.63, 3.8) is 0 Å². The summed E-state index contributed by atoms with van der Waals surface area (Å²) in [6.45, 7) is 1.71. The van der Waals surface area contributed by atoms with Gasteiger partial charge in [-0.2, -0.15) is 5.10 Å². The van der Waals surface area contributed by atoms with Gasteiger partial charge in [0, 0.05) is 39.8 Å². The van der Waals surface area contributed by atoms with Crippen LogP contribution in [0, 0.1) is 0 Å². The van der Waals surface area contributed by atoms with Crippen LogP contribution in [-0.4, -0.2) is 31.1 Å². The van der Waals surface area contributed by atoms with E-state index in [-0.39, 0.29) is 0 Å². The highest BCUT2D eigenvalue weighted by atomic mass is 15.3. The summed E-state index contributed by atoms with van der Waals surface area (Å²) < 4.78 is 3.81. The molecule has 0 unspecified atom stereocenters. The second-order valence-corrected chi connectivity index (χ2v) is 3.73. The first-order chi connectivity index (χ1) is 7.77. The third kappa shape index (κ3) is 2.46. The molecule has 2 aromatic rings. The van der Waals surface area contributed by atoms with E-state index in [9.17, 15) is 0 Å². The molecule has 0 atom stereocenters. The lowest BCUT2D eigenvalue weighted by Crippen LogP contribution is -2.19. The Hall–Kier alpha value is -1.69. The van der Waals surface area contributed by atoms with Crippen LogP contribution >= 0.6 is 0 Å². The van der Waals surface area contributed by atoms with Gasteiger partial charge in [-0.15, -0.1) is 10.2 Å². The van der Waals surface area contributed by atoms with E-state index in [0.717, 1.165) is 25.3 Å². The van der Waals surface area contributed by atoms with Gasteiger partial charge < -0.3 is 9.88 Å². The van der Waals surface area contributed by atoms with Crippen molar-refractivity contribution in [3.05, 3.63) is 30.1 Å². The summed E-state index contributed by atoms with van der Waals surface area (Å²) in [6.07, 6.45) is 4.41. The fraction of sp³-hybridized carbons (Fsp3) is 0.500. The molecule has 6 nitrogen and oxygen atoms in total. The first kappa shape index (κ1) is 10.8. The van der Waals surface area contributed by atoms with Gasteiger partial charge in [0.25, 0.3) is 0 Å².